The van der Waals surface area contributed by atoms with Gasteiger partial charge in [0.25, 0.3) is 0 Å². The molecule has 0 radical (unpaired) electrons. The Morgan fingerprint density at radius 2 is 2.43 bits per heavy atom. The molecule has 21 heavy (non-hydrogen) atoms. The van der Waals surface area contributed by atoms with Crippen LogP contribution < -0.4 is 5.32 Å². The third-order valence-corrected chi connectivity index (χ3v) is 5.81. The first-order valence-corrected chi connectivity index (χ1v) is 9.59. The number of thiazole rings is 1. The van der Waals surface area contributed by atoms with E-state index >= 15 is 0 Å². The number of hydrogen-bond donors (Lipinski definition) is 1. The molecular weight excluding hydrogens is 302 g/mol. The average molecular weight is 328 g/mol. The Morgan fingerprint density at radius 1 is 1.57 bits per heavy atom. The van der Waals surface area contributed by atoms with Gasteiger partial charge in [0.2, 0.25) is 5.91 Å². The van der Waals surface area contributed by atoms with Crippen molar-refractivity contribution in [3.05, 3.63) is 11.1 Å². The Balaban J connectivity index is 1.67. The zero-order valence-corrected chi connectivity index (χ0v) is 14.6. The number of hydrogen-bond acceptors (Lipinski definition) is 5. The Hall–Kier alpha value is -0.590. The number of amides is 1. The van der Waals surface area contributed by atoms with Crippen LogP contribution in [0.1, 0.15) is 38.3 Å². The lowest BCUT2D eigenvalue weighted by Crippen LogP contribution is -2.39. The van der Waals surface area contributed by atoms with Crippen molar-refractivity contribution in [3.63, 3.8) is 0 Å². The molecule has 6 heteroatoms. The van der Waals surface area contributed by atoms with Crippen LogP contribution in [0.25, 0.3) is 0 Å². The van der Waals surface area contributed by atoms with Crippen LogP contribution in [0, 0.1) is 0 Å². The van der Waals surface area contributed by atoms with Crippen molar-refractivity contribution in [2.45, 2.75) is 49.4 Å². The fraction of sp³-hybridized carbons (Fsp3) is 0.733. The molecule has 0 aliphatic carbocycles. The van der Waals surface area contributed by atoms with Crippen LogP contribution in [0.15, 0.2) is 9.72 Å². The van der Waals surface area contributed by atoms with E-state index in [4.69, 9.17) is 0 Å². The molecule has 1 fully saturated rings. The third-order valence-electron chi connectivity index (χ3n) is 3.86. The van der Waals surface area contributed by atoms with Gasteiger partial charge in [0.15, 0.2) is 0 Å². The van der Waals surface area contributed by atoms with Gasteiger partial charge in [-0.15, -0.1) is 11.3 Å². The van der Waals surface area contributed by atoms with Crippen LogP contribution in [0.2, 0.25) is 0 Å². The number of nitrogens with zero attached hydrogens (tertiary/aromatic N) is 2. The molecule has 0 saturated carbocycles. The zero-order chi connectivity index (χ0) is 15.1. The summed E-state index contributed by atoms with van der Waals surface area (Å²) in [6, 6.07) is 0.630. The summed E-state index contributed by atoms with van der Waals surface area (Å²) < 4.78 is 1.06. The lowest BCUT2D eigenvalue weighted by molar-refractivity contribution is -0.120. The maximum absolute atomic E-state index is 11.9. The molecule has 1 aromatic heterocycles. The van der Waals surface area contributed by atoms with E-state index in [2.05, 4.69) is 29.2 Å². The Kier molecular flexibility index (Phi) is 6.99. The molecule has 1 aliphatic rings. The molecule has 1 saturated heterocycles. The largest absolute Gasteiger partial charge is 0.356 e. The van der Waals surface area contributed by atoms with E-state index in [9.17, 15) is 4.79 Å². The molecule has 1 aromatic rings. The van der Waals surface area contributed by atoms with Gasteiger partial charge >= 0.3 is 0 Å². The van der Waals surface area contributed by atoms with Crippen LogP contribution in [0.4, 0.5) is 0 Å². The summed E-state index contributed by atoms with van der Waals surface area (Å²) in [5, 5.41) is 5.03. The second-order valence-corrected chi connectivity index (χ2v) is 7.85. The highest BCUT2D eigenvalue weighted by Crippen LogP contribution is 2.22. The number of carbonyl (C=O) groups excluding carboxylic acids is 1. The van der Waals surface area contributed by atoms with Crippen LogP contribution in [-0.4, -0.2) is 47.7 Å². The van der Waals surface area contributed by atoms with Crippen molar-refractivity contribution in [3.8, 4) is 0 Å². The quantitative estimate of drug-likeness (QED) is 0.782. The molecule has 118 valence electrons. The minimum atomic E-state index is 0.0896. The van der Waals surface area contributed by atoms with E-state index in [1.165, 1.54) is 25.8 Å². The number of nitrogens with one attached hydrogen (secondary N) is 1. The van der Waals surface area contributed by atoms with Crippen LogP contribution in [-0.2, 0) is 11.2 Å². The summed E-state index contributed by atoms with van der Waals surface area (Å²) >= 11 is 3.36. The molecule has 2 rings (SSSR count). The van der Waals surface area contributed by atoms with E-state index in [0.717, 1.165) is 28.8 Å². The van der Waals surface area contributed by atoms with Crippen LogP contribution >= 0.6 is 23.1 Å². The molecule has 1 atom stereocenters. The van der Waals surface area contributed by atoms with Gasteiger partial charge in [0.05, 0.1) is 12.1 Å². The Labute approximate surface area is 135 Å². The number of aromatic nitrogens is 1. The minimum Gasteiger partial charge on any atom is -0.356 e. The van der Waals surface area contributed by atoms with E-state index in [-0.39, 0.29) is 5.91 Å². The highest BCUT2D eigenvalue weighted by atomic mass is 32.2. The first kappa shape index (κ1) is 16.8. The van der Waals surface area contributed by atoms with E-state index in [0.29, 0.717) is 12.5 Å². The second-order valence-electron chi connectivity index (χ2n) is 5.48. The first-order chi connectivity index (χ1) is 10.2. The van der Waals surface area contributed by atoms with E-state index in [1.54, 1.807) is 23.1 Å². The van der Waals surface area contributed by atoms with Crippen molar-refractivity contribution in [2.75, 3.05) is 25.9 Å². The first-order valence-electron chi connectivity index (χ1n) is 7.73. The topological polar surface area (TPSA) is 45.2 Å². The summed E-state index contributed by atoms with van der Waals surface area (Å²) in [6.07, 6.45) is 5.34. The van der Waals surface area contributed by atoms with Gasteiger partial charge in [-0.1, -0.05) is 25.1 Å². The van der Waals surface area contributed by atoms with Crippen LogP contribution in [0.3, 0.4) is 0 Å². The van der Waals surface area contributed by atoms with Gasteiger partial charge in [0, 0.05) is 18.0 Å². The highest BCUT2D eigenvalue weighted by Gasteiger charge is 2.18. The maximum Gasteiger partial charge on any atom is 0.226 e. The maximum atomic E-state index is 11.9. The predicted octanol–water partition coefficient (Wildman–Crippen LogP) is 2.79. The number of likely N-dealkylation sites (tertiary alicyclic amines) is 1. The summed E-state index contributed by atoms with van der Waals surface area (Å²) in [5.74, 6) is 1.11. The molecule has 0 bridgehead atoms. The predicted molar refractivity (Wildman–Crippen MR) is 90.1 cm³/mol. The lowest BCUT2D eigenvalue weighted by atomic mass is 10.0. The molecule has 0 aromatic carbocycles. The number of carbonyl (C=O) groups is 1. The smallest absolute Gasteiger partial charge is 0.226 e. The Bertz CT molecular complexity index is 450. The molecule has 0 spiro atoms. The molecule has 2 heterocycles. The zero-order valence-electron chi connectivity index (χ0n) is 12.9. The molecular formula is C15H25N3OS2. The van der Waals surface area contributed by atoms with Crippen molar-refractivity contribution in [2.24, 2.45) is 0 Å². The number of piperidine rings is 1. The fourth-order valence-electron chi connectivity index (χ4n) is 2.67. The van der Waals surface area contributed by atoms with Gasteiger partial charge in [-0.25, -0.2) is 4.98 Å². The van der Waals surface area contributed by atoms with Crippen molar-refractivity contribution in [1.29, 1.82) is 0 Å². The minimum absolute atomic E-state index is 0.0896. The van der Waals surface area contributed by atoms with E-state index < -0.39 is 0 Å². The van der Waals surface area contributed by atoms with Crippen molar-refractivity contribution >= 4 is 29.0 Å². The number of thioether (sulfide) groups is 1. The molecule has 0 unspecified atom stereocenters. The van der Waals surface area contributed by atoms with E-state index in [1.807, 2.05) is 5.38 Å². The third kappa shape index (κ3) is 5.60. The monoisotopic (exact) mass is 327 g/mol. The summed E-state index contributed by atoms with van der Waals surface area (Å²) in [4.78, 5) is 18.8. The standard InChI is InChI=1S/C15H25N3OS2/c1-3-20-15-17-12(11-21-15)10-14(19)16-8-7-13-6-4-5-9-18(13)2/h11,13H,3-10H2,1-2H3,(H,16,19)/t13-/m0/s1. The van der Waals surface area contributed by atoms with Gasteiger partial charge in [-0.2, -0.15) is 0 Å². The highest BCUT2D eigenvalue weighted by molar-refractivity contribution is 8.00. The normalized spacial score (nSPS) is 19.6. The van der Waals surface area contributed by atoms with Crippen molar-refractivity contribution in [1.82, 2.24) is 15.2 Å². The van der Waals surface area contributed by atoms with Crippen LogP contribution in [0.5, 0.6) is 0 Å². The molecule has 1 amide bonds. The van der Waals surface area contributed by atoms with Gasteiger partial charge in [0.1, 0.15) is 4.34 Å². The summed E-state index contributed by atoms with van der Waals surface area (Å²) in [6.45, 7) is 4.07. The van der Waals surface area contributed by atoms with Gasteiger partial charge in [-0.3, -0.25) is 4.79 Å². The summed E-state index contributed by atoms with van der Waals surface area (Å²) in [7, 11) is 2.19. The average Bonchev–Trinajstić information content (AvgIpc) is 2.88. The fourth-order valence-corrected chi connectivity index (χ4v) is 4.42. The van der Waals surface area contributed by atoms with Gasteiger partial charge in [-0.05, 0) is 38.6 Å². The Morgan fingerprint density at radius 3 is 3.19 bits per heavy atom. The van der Waals surface area contributed by atoms with Crippen molar-refractivity contribution < 1.29 is 4.79 Å². The molecule has 4 nitrogen and oxygen atoms in total. The molecule has 1 aliphatic heterocycles. The SMILES string of the molecule is CCSc1nc(CC(=O)NCC[C@@H]2CCCCN2C)cs1. The lowest BCUT2D eigenvalue weighted by Gasteiger charge is -2.32. The summed E-state index contributed by atoms with van der Waals surface area (Å²) in [5.41, 5.74) is 0.892. The van der Waals surface area contributed by atoms with Gasteiger partial charge < -0.3 is 10.2 Å². The number of rotatable bonds is 7. The second kappa shape index (κ2) is 8.76. The molecule has 1 N–H and O–H groups in total.